The van der Waals surface area contributed by atoms with Crippen LogP contribution in [0.25, 0.3) is 11.2 Å². The summed E-state index contributed by atoms with van der Waals surface area (Å²) >= 11 is 0. The number of aromatic amines is 1. The van der Waals surface area contributed by atoms with Crippen molar-refractivity contribution in [3.63, 3.8) is 0 Å². The molecule has 0 unspecified atom stereocenters. The van der Waals surface area contributed by atoms with Gasteiger partial charge < -0.3 is 20.8 Å². The highest BCUT2D eigenvalue weighted by Gasteiger charge is 2.27. The number of anilines is 2. The minimum absolute atomic E-state index is 0.0262. The Hall–Kier alpha value is -2.10. The van der Waals surface area contributed by atoms with Gasteiger partial charge in [-0.2, -0.15) is 23.1 Å². The third-order valence-electron chi connectivity index (χ3n) is 2.11. The second-order valence-corrected chi connectivity index (χ2v) is 3.63. The van der Waals surface area contributed by atoms with Gasteiger partial charge in [-0.05, 0) is 0 Å². The molecule has 0 saturated carbocycles. The molecule has 0 bridgehead atoms. The van der Waals surface area contributed by atoms with E-state index in [1.807, 2.05) is 0 Å². The van der Waals surface area contributed by atoms with Crippen LogP contribution in [-0.4, -0.2) is 45.9 Å². The molecule has 0 aliphatic carbocycles. The van der Waals surface area contributed by atoms with Crippen LogP contribution < -0.4 is 11.1 Å². The van der Waals surface area contributed by atoms with Crippen LogP contribution >= 0.6 is 0 Å². The van der Waals surface area contributed by atoms with Gasteiger partial charge >= 0.3 is 6.18 Å². The predicted molar refractivity (Wildman–Crippen MR) is 61.5 cm³/mol. The molecule has 2 heterocycles. The van der Waals surface area contributed by atoms with E-state index in [2.05, 4.69) is 30.0 Å². The highest BCUT2D eigenvalue weighted by atomic mass is 19.4. The zero-order valence-corrected chi connectivity index (χ0v) is 9.66. The molecule has 0 aliphatic rings. The van der Waals surface area contributed by atoms with Crippen LogP contribution in [0.1, 0.15) is 0 Å². The number of aromatic nitrogens is 4. The molecule has 4 N–H and O–H groups in total. The van der Waals surface area contributed by atoms with Crippen LogP contribution in [0.4, 0.5) is 24.9 Å². The Labute approximate surface area is 105 Å². The van der Waals surface area contributed by atoms with E-state index in [1.54, 1.807) is 0 Å². The van der Waals surface area contributed by atoms with Crippen LogP contribution in [0.5, 0.6) is 0 Å². The Morgan fingerprint density at radius 3 is 2.89 bits per heavy atom. The second-order valence-electron chi connectivity index (χ2n) is 3.63. The monoisotopic (exact) mass is 276 g/mol. The van der Waals surface area contributed by atoms with E-state index in [-0.39, 0.29) is 19.1 Å². The number of halogens is 3. The molecule has 7 nitrogen and oxygen atoms in total. The van der Waals surface area contributed by atoms with E-state index in [1.165, 1.54) is 6.33 Å². The summed E-state index contributed by atoms with van der Waals surface area (Å²) in [5.41, 5.74) is 6.39. The van der Waals surface area contributed by atoms with Gasteiger partial charge in [0.15, 0.2) is 11.5 Å². The van der Waals surface area contributed by atoms with E-state index >= 15 is 0 Å². The predicted octanol–water partition coefficient (Wildman–Crippen LogP) is 0.926. The van der Waals surface area contributed by atoms with Crippen LogP contribution in [0.3, 0.4) is 0 Å². The van der Waals surface area contributed by atoms with Gasteiger partial charge in [0.05, 0.1) is 12.9 Å². The smallest absolute Gasteiger partial charge is 0.370 e. The van der Waals surface area contributed by atoms with Crippen LogP contribution in [0.2, 0.25) is 0 Å². The molecule has 19 heavy (non-hydrogen) atoms. The molecule has 0 radical (unpaired) electrons. The lowest BCUT2D eigenvalue weighted by Gasteiger charge is -2.09. The first-order valence-electron chi connectivity index (χ1n) is 5.30. The van der Waals surface area contributed by atoms with Crippen molar-refractivity contribution in [2.24, 2.45) is 0 Å². The number of H-pyrrole nitrogens is 1. The van der Waals surface area contributed by atoms with Gasteiger partial charge in [-0.1, -0.05) is 0 Å². The van der Waals surface area contributed by atoms with Crippen molar-refractivity contribution < 1.29 is 17.9 Å². The Morgan fingerprint density at radius 2 is 2.16 bits per heavy atom. The number of hydrogen-bond donors (Lipinski definition) is 3. The summed E-state index contributed by atoms with van der Waals surface area (Å²) in [4.78, 5) is 14.5. The molecule has 0 aromatic carbocycles. The van der Waals surface area contributed by atoms with E-state index in [0.717, 1.165) is 0 Å². The average Bonchev–Trinajstić information content (AvgIpc) is 2.74. The molecule has 0 atom stereocenters. The van der Waals surface area contributed by atoms with E-state index < -0.39 is 12.8 Å². The number of ether oxygens (including phenoxy) is 1. The molecule has 10 heteroatoms. The summed E-state index contributed by atoms with van der Waals surface area (Å²) < 4.78 is 39.9. The Morgan fingerprint density at radius 1 is 1.37 bits per heavy atom. The average molecular weight is 276 g/mol. The number of nitrogen functional groups attached to an aromatic ring is 1. The lowest BCUT2D eigenvalue weighted by Crippen LogP contribution is -2.20. The fourth-order valence-electron chi connectivity index (χ4n) is 1.41. The zero-order chi connectivity index (χ0) is 13.9. The van der Waals surface area contributed by atoms with Crippen LogP contribution in [0, 0.1) is 0 Å². The van der Waals surface area contributed by atoms with Crippen molar-refractivity contribution in [2.45, 2.75) is 6.18 Å². The van der Waals surface area contributed by atoms with Crippen LogP contribution in [0.15, 0.2) is 6.33 Å². The van der Waals surface area contributed by atoms with Crippen molar-refractivity contribution in [2.75, 3.05) is 30.8 Å². The molecule has 0 fully saturated rings. The molecule has 2 rings (SSSR count). The molecule has 0 saturated heterocycles. The number of alkyl halides is 3. The topological polar surface area (TPSA) is 102 Å². The minimum Gasteiger partial charge on any atom is -0.370 e. The number of fused-ring (bicyclic) bond motifs is 1. The number of nitrogens with zero attached hydrogens (tertiary/aromatic N) is 3. The van der Waals surface area contributed by atoms with Gasteiger partial charge in [0.25, 0.3) is 0 Å². The fraction of sp³-hybridized carbons (Fsp3) is 0.444. The van der Waals surface area contributed by atoms with E-state index in [0.29, 0.717) is 17.0 Å². The molecule has 0 aliphatic heterocycles. The summed E-state index contributed by atoms with van der Waals surface area (Å²) in [6, 6.07) is 0. The first kappa shape index (κ1) is 13.3. The number of imidazole rings is 1. The van der Waals surface area contributed by atoms with Crippen molar-refractivity contribution in [1.29, 1.82) is 0 Å². The molecular formula is C9H11F3N6O. The molecular weight excluding hydrogens is 265 g/mol. The summed E-state index contributed by atoms with van der Waals surface area (Å²) in [5, 5.41) is 2.81. The third-order valence-corrected chi connectivity index (χ3v) is 2.11. The maximum Gasteiger partial charge on any atom is 0.411 e. The third kappa shape index (κ3) is 3.68. The zero-order valence-electron chi connectivity index (χ0n) is 9.66. The largest absolute Gasteiger partial charge is 0.411 e. The Balaban J connectivity index is 1.89. The van der Waals surface area contributed by atoms with E-state index in [4.69, 9.17) is 5.73 Å². The summed E-state index contributed by atoms with van der Waals surface area (Å²) in [7, 11) is 0. The maximum atomic E-state index is 11.8. The van der Waals surface area contributed by atoms with Crippen molar-refractivity contribution in [3.05, 3.63) is 6.33 Å². The summed E-state index contributed by atoms with van der Waals surface area (Å²) in [6.45, 7) is -1.24. The van der Waals surface area contributed by atoms with Crippen molar-refractivity contribution >= 4 is 22.9 Å². The molecule has 2 aromatic rings. The fourth-order valence-corrected chi connectivity index (χ4v) is 1.41. The quantitative estimate of drug-likeness (QED) is 0.702. The van der Waals surface area contributed by atoms with Gasteiger partial charge in [-0.15, -0.1) is 0 Å². The summed E-state index contributed by atoms with van der Waals surface area (Å²) in [5.74, 6) is 0.397. The number of hydrogen-bond acceptors (Lipinski definition) is 6. The molecule has 104 valence electrons. The van der Waals surface area contributed by atoms with Gasteiger partial charge in [0, 0.05) is 6.54 Å². The number of nitrogens with two attached hydrogens (primary N) is 1. The maximum absolute atomic E-state index is 11.8. The molecule has 0 amide bonds. The highest BCUT2D eigenvalue weighted by Crippen LogP contribution is 2.17. The summed E-state index contributed by atoms with van der Waals surface area (Å²) in [6.07, 6.45) is -2.90. The molecule has 0 spiro atoms. The minimum atomic E-state index is -4.32. The van der Waals surface area contributed by atoms with Gasteiger partial charge in [0.1, 0.15) is 12.1 Å². The Kier molecular flexibility index (Phi) is 3.69. The first-order chi connectivity index (χ1) is 8.96. The first-order valence-corrected chi connectivity index (χ1v) is 5.30. The van der Waals surface area contributed by atoms with Crippen molar-refractivity contribution in [1.82, 2.24) is 19.9 Å². The Bertz CT molecular complexity index is 554. The van der Waals surface area contributed by atoms with Crippen molar-refractivity contribution in [3.8, 4) is 0 Å². The number of nitrogens with one attached hydrogen (secondary N) is 2. The molecule has 2 aromatic heterocycles. The standard InChI is InChI=1S/C9H11F3N6O/c10-9(11,12)3-19-2-1-14-6-5-7(16-4-15-5)18-8(13)17-6/h4H,1-3H2,(H4,13,14,15,16,17,18). The lowest BCUT2D eigenvalue weighted by atomic mass is 10.5. The van der Waals surface area contributed by atoms with Gasteiger partial charge in [0.2, 0.25) is 5.95 Å². The number of rotatable bonds is 5. The van der Waals surface area contributed by atoms with E-state index in [9.17, 15) is 13.2 Å². The highest BCUT2D eigenvalue weighted by molar-refractivity contribution is 5.83. The van der Waals surface area contributed by atoms with Gasteiger partial charge in [-0.25, -0.2) is 4.98 Å². The normalized spacial score (nSPS) is 11.9. The second kappa shape index (κ2) is 5.26. The SMILES string of the molecule is Nc1nc(NCCOCC(F)(F)F)c2[nH]cnc2n1. The van der Waals surface area contributed by atoms with Gasteiger partial charge in [-0.3, -0.25) is 0 Å². The lowest BCUT2D eigenvalue weighted by molar-refractivity contribution is -0.172. The van der Waals surface area contributed by atoms with Crippen LogP contribution in [-0.2, 0) is 4.74 Å².